The van der Waals surface area contributed by atoms with Crippen molar-refractivity contribution in [3.63, 3.8) is 0 Å². The second kappa shape index (κ2) is 11.2. The molecule has 1 saturated carbocycles. The predicted octanol–water partition coefficient (Wildman–Crippen LogP) is 5.10. The highest BCUT2D eigenvalue weighted by Gasteiger charge is 2.41. The summed E-state index contributed by atoms with van der Waals surface area (Å²) in [5.41, 5.74) is 7.01. The van der Waals surface area contributed by atoms with Gasteiger partial charge in [0.25, 0.3) is 5.78 Å². The zero-order valence-corrected chi connectivity index (χ0v) is 20.0. The minimum Gasteiger partial charge on any atom is -0.494 e. The van der Waals surface area contributed by atoms with Gasteiger partial charge >= 0.3 is 6.18 Å². The lowest BCUT2D eigenvalue weighted by molar-refractivity contribution is -0.129. The van der Waals surface area contributed by atoms with Crippen molar-refractivity contribution in [2.24, 2.45) is 11.1 Å². The van der Waals surface area contributed by atoms with Gasteiger partial charge in [-0.15, -0.1) is 12.4 Å². The van der Waals surface area contributed by atoms with Crippen molar-refractivity contribution in [3.8, 4) is 16.9 Å². The van der Waals surface area contributed by atoms with Gasteiger partial charge in [0.2, 0.25) is 5.91 Å². The van der Waals surface area contributed by atoms with Gasteiger partial charge in [-0.3, -0.25) is 9.59 Å². The van der Waals surface area contributed by atoms with Crippen LogP contribution in [0.3, 0.4) is 0 Å². The average molecular weight is 499 g/mol. The lowest BCUT2D eigenvalue weighted by Crippen LogP contribution is -2.45. The Kier molecular flexibility index (Phi) is 9.14. The Bertz CT molecular complexity index is 1000. The summed E-state index contributed by atoms with van der Waals surface area (Å²) in [7, 11) is 1.91. The van der Waals surface area contributed by atoms with Gasteiger partial charge in [0.1, 0.15) is 5.75 Å². The summed E-state index contributed by atoms with van der Waals surface area (Å²) in [6.45, 7) is 2.32. The highest BCUT2D eigenvalue weighted by atomic mass is 35.5. The van der Waals surface area contributed by atoms with Gasteiger partial charge in [-0.2, -0.15) is 13.2 Å². The first kappa shape index (κ1) is 27.7. The van der Waals surface area contributed by atoms with Crippen LogP contribution in [0, 0.1) is 5.41 Å². The number of ketones is 1. The number of hydrogen-bond acceptors (Lipinski definition) is 4. The van der Waals surface area contributed by atoms with Gasteiger partial charge in [0.05, 0.1) is 12.0 Å². The van der Waals surface area contributed by atoms with Crippen LogP contribution in [0.5, 0.6) is 5.75 Å². The fourth-order valence-electron chi connectivity index (χ4n) is 4.51. The molecule has 0 spiro atoms. The SMILES string of the molecule is CCOc1ccc(-c2ccc(C(=O)C(F)(F)F)cc2)cc1CC1(C(N)=O)CCC(NC)CC1.Cl. The van der Waals surface area contributed by atoms with E-state index in [9.17, 15) is 22.8 Å². The summed E-state index contributed by atoms with van der Waals surface area (Å²) in [6, 6.07) is 11.2. The van der Waals surface area contributed by atoms with Crippen molar-refractivity contribution in [3.05, 3.63) is 53.6 Å². The van der Waals surface area contributed by atoms with E-state index in [1.807, 2.05) is 26.1 Å². The maximum atomic E-state index is 12.7. The smallest absolute Gasteiger partial charge is 0.454 e. The van der Waals surface area contributed by atoms with E-state index in [2.05, 4.69) is 5.32 Å². The molecule has 9 heteroatoms. The van der Waals surface area contributed by atoms with Crippen LogP contribution >= 0.6 is 12.4 Å². The predicted molar refractivity (Wildman–Crippen MR) is 127 cm³/mol. The number of amides is 1. The maximum absolute atomic E-state index is 12.7. The first-order chi connectivity index (χ1) is 15.6. The normalized spacial score (nSPS) is 20.3. The molecule has 186 valence electrons. The molecule has 1 fully saturated rings. The molecular formula is C25H30ClF3N2O3. The van der Waals surface area contributed by atoms with Crippen LogP contribution in [-0.4, -0.2) is 37.6 Å². The maximum Gasteiger partial charge on any atom is 0.454 e. The molecule has 1 amide bonds. The van der Waals surface area contributed by atoms with Crippen molar-refractivity contribution >= 4 is 24.1 Å². The molecule has 0 bridgehead atoms. The van der Waals surface area contributed by atoms with Gasteiger partial charge in [-0.05, 0) is 74.9 Å². The van der Waals surface area contributed by atoms with Crippen molar-refractivity contribution in [2.45, 2.75) is 51.2 Å². The quantitative estimate of drug-likeness (QED) is 0.496. The first-order valence-corrected chi connectivity index (χ1v) is 11.0. The van der Waals surface area contributed by atoms with Crippen molar-refractivity contribution < 1.29 is 27.5 Å². The van der Waals surface area contributed by atoms with Crippen LogP contribution in [0.4, 0.5) is 13.2 Å². The van der Waals surface area contributed by atoms with Gasteiger partial charge < -0.3 is 15.8 Å². The summed E-state index contributed by atoms with van der Waals surface area (Å²) >= 11 is 0. The minimum absolute atomic E-state index is 0. The summed E-state index contributed by atoms with van der Waals surface area (Å²) in [5, 5.41) is 3.26. The third-order valence-electron chi connectivity index (χ3n) is 6.50. The minimum atomic E-state index is -4.91. The van der Waals surface area contributed by atoms with Gasteiger partial charge in [-0.25, -0.2) is 0 Å². The lowest BCUT2D eigenvalue weighted by Gasteiger charge is -2.38. The second-order valence-corrected chi connectivity index (χ2v) is 8.54. The number of halogens is 4. The number of carbonyl (C=O) groups excluding carboxylic acids is 2. The summed E-state index contributed by atoms with van der Waals surface area (Å²) in [4.78, 5) is 24.0. The van der Waals surface area contributed by atoms with Crippen molar-refractivity contribution in [1.82, 2.24) is 5.32 Å². The molecule has 1 aliphatic rings. The Morgan fingerprint density at radius 3 is 2.18 bits per heavy atom. The Balaban J connectivity index is 0.00000408. The molecule has 0 radical (unpaired) electrons. The number of hydrogen-bond donors (Lipinski definition) is 2. The highest BCUT2D eigenvalue weighted by molar-refractivity contribution is 6.00. The van der Waals surface area contributed by atoms with E-state index in [0.29, 0.717) is 43.2 Å². The Morgan fingerprint density at radius 1 is 1.09 bits per heavy atom. The molecule has 5 nitrogen and oxygen atoms in total. The molecule has 0 saturated heterocycles. The molecule has 0 unspecified atom stereocenters. The van der Waals surface area contributed by atoms with E-state index < -0.39 is 22.9 Å². The van der Waals surface area contributed by atoms with E-state index >= 15 is 0 Å². The molecule has 0 aromatic heterocycles. The number of alkyl halides is 3. The number of nitrogens with two attached hydrogens (primary N) is 1. The topological polar surface area (TPSA) is 81.4 Å². The fraction of sp³-hybridized carbons (Fsp3) is 0.440. The molecule has 0 heterocycles. The third kappa shape index (κ3) is 6.10. The number of carbonyl (C=O) groups is 2. The van der Waals surface area contributed by atoms with Crippen LogP contribution < -0.4 is 15.8 Å². The fourth-order valence-corrected chi connectivity index (χ4v) is 4.51. The molecule has 2 aromatic rings. The molecular weight excluding hydrogens is 469 g/mol. The number of Topliss-reactive ketones (excluding diaryl/α,β-unsaturated/α-hetero) is 1. The van der Waals surface area contributed by atoms with Crippen LogP contribution in [0.15, 0.2) is 42.5 Å². The number of ether oxygens (including phenoxy) is 1. The Labute approximate surface area is 203 Å². The Hall–Kier alpha value is -2.58. The van der Waals surface area contributed by atoms with E-state index in [1.54, 1.807) is 6.07 Å². The van der Waals surface area contributed by atoms with Crippen LogP contribution in [0.2, 0.25) is 0 Å². The second-order valence-electron chi connectivity index (χ2n) is 8.54. The molecule has 2 aromatic carbocycles. The first-order valence-electron chi connectivity index (χ1n) is 11.0. The molecule has 0 aliphatic heterocycles. The van der Waals surface area contributed by atoms with E-state index in [4.69, 9.17) is 10.5 Å². The summed E-state index contributed by atoms with van der Waals surface area (Å²) in [6.07, 6.45) is -1.47. The molecule has 34 heavy (non-hydrogen) atoms. The monoisotopic (exact) mass is 498 g/mol. The number of benzene rings is 2. The average Bonchev–Trinajstić information content (AvgIpc) is 2.79. The van der Waals surface area contributed by atoms with Crippen molar-refractivity contribution in [2.75, 3.05) is 13.7 Å². The third-order valence-corrected chi connectivity index (χ3v) is 6.50. The number of nitrogens with one attached hydrogen (secondary N) is 1. The molecule has 1 aliphatic carbocycles. The molecule has 3 rings (SSSR count). The lowest BCUT2D eigenvalue weighted by atomic mass is 9.68. The standard InChI is InChI=1S/C25H29F3N2O3.ClH/c1-3-33-21-9-8-18(16-4-6-17(7-5-16)22(31)25(26,27)28)14-19(21)15-24(23(29)32)12-10-20(30-2)11-13-24;/h4-9,14,20,30H,3,10-13,15H2,1-2H3,(H2,29,32);1H. The van der Waals surface area contributed by atoms with E-state index in [-0.39, 0.29) is 18.3 Å². The van der Waals surface area contributed by atoms with Crippen LogP contribution in [-0.2, 0) is 11.2 Å². The van der Waals surface area contributed by atoms with Crippen molar-refractivity contribution in [1.29, 1.82) is 0 Å². The number of rotatable bonds is 8. The highest BCUT2D eigenvalue weighted by Crippen LogP contribution is 2.42. The van der Waals surface area contributed by atoms with E-state index in [1.165, 1.54) is 24.3 Å². The van der Waals surface area contributed by atoms with Gasteiger partial charge in [0.15, 0.2) is 0 Å². The van der Waals surface area contributed by atoms with Gasteiger partial charge in [0, 0.05) is 11.6 Å². The summed E-state index contributed by atoms with van der Waals surface area (Å²) < 4.78 is 43.9. The van der Waals surface area contributed by atoms with Crippen LogP contribution in [0.25, 0.3) is 11.1 Å². The summed E-state index contributed by atoms with van der Waals surface area (Å²) in [5.74, 6) is -1.55. The number of primary amides is 1. The molecule has 3 N–H and O–H groups in total. The largest absolute Gasteiger partial charge is 0.494 e. The Morgan fingerprint density at radius 2 is 1.68 bits per heavy atom. The van der Waals surface area contributed by atoms with Gasteiger partial charge in [-0.1, -0.05) is 30.3 Å². The van der Waals surface area contributed by atoms with E-state index in [0.717, 1.165) is 24.0 Å². The zero-order chi connectivity index (χ0) is 24.2. The van der Waals surface area contributed by atoms with Crippen LogP contribution in [0.1, 0.15) is 48.5 Å². The zero-order valence-electron chi connectivity index (χ0n) is 19.2. The molecule has 0 atom stereocenters.